The Morgan fingerprint density at radius 2 is 1.95 bits per heavy atom. The van der Waals surface area contributed by atoms with Crippen LogP contribution in [-0.4, -0.2) is 16.2 Å². The van der Waals surface area contributed by atoms with E-state index in [2.05, 4.69) is 27.4 Å². The van der Waals surface area contributed by atoms with E-state index in [1.54, 1.807) is 0 Å². The maximum atomic E-state index is 11.9. The zero-order valence-corrected chi connectivity index (χ0v) is 12.2. The number of para-hydroxylation sites is 2. The first kappa shape index (κ1) is 14.0. The molecule has 3 rings (SSSR count). The molecule has 0 bridgehead atoms. The van der Waals surface area contributed by atoms with Gasteiger partial charge in [0.25, 0.3) is 5.56 Å². The number of anilines is 1. The van der Waals surface area contributed by atoms with Crippen LogP contribution in [-0.2, 0) is 6.42 Å². The lowest BCUT2D eigenvalue weighted by Gasteiger charge is -2.01. The quantitative estimate of drug-likeness (QED) is 0.574. The van der Waals surface area contributed by atoms with Gasteiger partial charge in [0.1, 0.15) is 5.69 Å². The van der Waals surface area contributed by atoms with Crippen LogP contribution in [0.2, 0.25) is 0 Å². The van der Waals surface area contributed by atoms with Crippen molar-refractivity contribution in [3.05, 3.63) is 70.1 Å². The van der Waals surface area contributed by atoms with Gasteiger partial charge in [-0.1, -0.05) is 31.2 Å². The number of benzene rings is 2. The van der Waals surface area contributed by atoms with Gasteiger partial charge in [-0.15, -0.1) is 0 Å². The number of hydrogen-bond acceptors (Lipinski definition) is 4. The van der Waals surface area contributed by atoms with Gasteiger partial charge >= 0.3 is 0 Å². The number of nitrogens with zero attached hydrogens (tertiary/aromatic N) is 2. The number of fused-ring (bicyclic) bond motifs is 1. The van der Waals surface area contributed by atoms with Crippen molar-refractivity contribution in [2.24, 2.45) is 5.10 Å². The number of nitrogens with one attached hydrogen (secondary N) is 2. The fraction of sp³-hybridized carbons (Fsp3) is 0.118. The summed E-state index contributed by atoms with van der Waals surface area (Å²) in [6, 6.07) is 15.4. The third-order valence-corrected chi connectivity index (χ3v) is 3.37. The molecule has 5 nitrogen and oxygen atoms in total. The number of rotatable bonds is 4. The Balaban J connectivity index is 1.79. The SMILES string of the molecule is CCc1ccc(N/N=C/c2nc3ccccc3[nH]c2=O)cc1. The molecule has 1 heterocycles. The summed E-state index contributed by atoms with van der Waals surface area (Å²) in [6.07, 6.45) is 2.43. The lowest BCUT2D eigenvalue weighted by Crippen LogP contribution is -2.15. The summed E-state index contributed by atoms with van der Waals surface area (Å²) in [4.78, 5) is 19.0. The van der Waals surface area contributed by atoms with Crippen molar-refractivity contribution in [1.82, 2.24) is 9.97 Å². The summed E-state index contributed by atoms with van der Waals surface area (Å²) in [6.45, 7) is 2.11. The number of aromatic amines is 1. The minimum Gasteiger partial charge on any atom is -0.319 e. The van der Waals surface area contributed by atoms with Crippen LogP contribution in [0.4, 0.5) is 5.69 Å². The number of aryl methyl sites for hydroxylation is 1. The predicted octanol–water partition coefficient (Wildman–Crippen LogP) is 2.93. The molecule has 0 saturated heterocycles. The molecular weight excluding hydrogens is 276 g/mol. The Morgan fingerprint density at radius 3 is 2.73 bits per heavy atom. The normalized spacial score (nSPS) is 11.1. The second-order valence-corrected chi connectivity index (χ2v) is 4.89. The van der Waals surface area contributed by atoms with Gasteiger partial charge in [-0.2, -0.15) is 5.10 Å². The highest BCUT2D eigenvalue weighted by molar-refractivity contribution is 5.82. The van der Waals surface area contributed by atoms with Crippen LogP contribution in [0.3, 0.4) is 0 Å². The van der Waals surface area contributed by atoms with Crippen molar-refractivity contribution in [2.45, 2.75) is 13.3 Å². The molecule has 3 aromatic rings. The van der Waals surface area contributed by atoms with Gasteiger partial charge in [-0.25, -0.2) is 4.98 Å². The molecule has 0 aliphatic heterocycles. The summed E-state index contributed by atoms with van der Waals surface area (Å²) in [5, 5.41) is 4.08. The molecule has 2 aromatic carbocycles. The molecule has 0 spiro atoms. The van der Waals surface area contributed by atoms with Crippen LogP contribution in [0.1, 0.15) is 18.2 Å². The van der Waals surface area contributed by atoms with E-state index in [-0.39, 0.29) is 11.3 Å². The first-order chi connectivity index (χ1) is 10.8. The third-order valence-electron chi connectivity index (χ3n) is 3.37. The van der Waals surface area contributed by atoms with E-state index in [0.29, 0.717) is 5.52 Å². The van der Waals surface area contributed by atoms with E-state index in [0.717, 1.165) is 17.6 Å². The fourth-order valence-corrected chi connectivity index (χ4v) is 2.11. The van der Waals surface area contributed by atoms with Gasteiger partial charge in [-0.05, 0) is 36.2 Å². The third kappa shape index (κ3) is 3.03. The zero-order valence-electron chi connectivity index (χ0n) is 12.2. The van der Waals surface area contributed by atoms with E-state index in [4.69, 9.17) is 0 Å². The smallest absolute Gasteiger partial charge is 0.276 e. The Labute approximate surface area is 127 Å². The van der Waals surface area contributed by atoms with Gasteiger partial charge in [0.15, 0.2) is 0 Å². The average Bonchev–Trinajstić information content (AvgIpc) is 2.56. The standard InChI is InChI=1S/C17H16N4O/c1-2-12-7-9-13(10-8-12)21-18-11-16-17(22)20-15-6-4-3-5-14(15)19-16/h3-11,21H,2H2,1H3,(H,20,22)/b18-11+. The van der Waals surface area contributed by atoms with Crippen LogP contribution < -0.4 is 11.0 Å². The molecule has 110 valence electrons. The summed E-state index contributed by atoms with van der Waals surface area (Å²) >= 11 is 0. The van der Waals surface area contributed by atoms with Crippen molar-refractivity contribution in [1.29, 1.82) is 0 Å². The van der Waals surface area contributed by atoms with Crippen LogP contribution in [0.5, 0.6) is 0 Å². The van der Waals surface area contributed by atoms with Gasteiger partial charge in [0.05, 0.1) is 22.9 Å². The lowest BCUT2D eigenvalue weighted by atomic mass is 10.2. The molecule has 0 radical (unpaired) electrons. The summed E-state index contributed by atoms with van der Waals surface area (Å²) in [7, 11) is 0. The largest absolute Gasteiger partial charge is 0.319 e. The van der Waals surface area contributed by atoms with Crippen LogP contribution in [0.25, 0.3) is 11.0 Å². The molecule has 2 N–H and O–H groups in total. The average molecular weight is 292 g/mol. The molecular formula is C17H16N4O. The van der Waals surface area contributed by atoms with E-state index in [9.17, 15) is 4.79 Å². The van der Waals surface area contributed by atoms with Crippen LogP contribution >= 0.6 is 0 Å². The topological polar surface area (TPSA) is 70.1 Å². The van der Waals surface area contributed by atoms with Crippen molar-refractivity contribution in [3.8, 4) is 0 Å². The van der Waals surface area contributed by atoms with Crippen molar-refractivity contribution < 1.29 is 0 Å². The van der Waals surface area contributed by atoms with Crippen LogP contribution in [0, 0.1) is 0 Å². The van der Waals surface area contributed by atoms with Gasteiger partial charge in [0, 0.05) is 0 Å². The molecule has 0 aliphatic carbocycles. The fourth-order valence-electron chi connectivity index (χ4n) is 2.11. The molecule has 5 heteroatoms. The Hall–Kier alpha value is -2.95. The van der Waals surface area contributed by atoms with E-state index in [1.165, 1.54) is 11.8 Å². The summed E-state index contributed by atoms with van der Waals surface area (Å²) in [5.41, 5.74) is 6.49. The van der Waals surface area contributed by atoms with E-state index in [1.807, 2.05) is 48.5 Å². The molecule has 0 fully saturated rings. The van der Waals surface area contributed by atoms with Gasteiger partial charge in [0.2, 0.25) is 0 Å². The minimum atomic E-state index is -0.259. The highest BCUT2D eigenvalue weighted by Gasteiger charge is 2.01. The molecule has 1 aromatic heterocycles. The molecule has 22 heavy (non-hydrogen) atoms. The second-order valence-electron chi connectivity index (χ2n) is 4.89. The Kier molecular flexibility index (Phi) is 3.96. The van der Waals surface area contributed by atoms with Crippen molar-refractivity contribution in [3.63, 3.8) is 0 Å². The van der Waals surface area contributed by atoms with Crippen LogP contribution in [0.15, 0.2) is 58.4 Å². The highest BCUT2D eigenvalue weighted by Crippen LogP contribution is 2.09. The number of hydrogen-bond donors (Lipinski definition) is 2. The molecule has 0 atom stereocenters. The lowest BCUT2D eigenvalue weighted by molar-refractivity contribution is 1.14. The molecule has 0 saturated carbocycles. The molecule has 0 unspecified atom stereocenters. The van der Waals surface area contributed by atoms with Crippen molar-refractivity contribution in [2.75, 3.05) is 5.43 Å². The number of hydrazone groups is 1. The Morgan fingerprint density at radius 1 is 1.18 bits per heavy atom. The van der Waals surface area contributed by atoms with E-state index >= 15 is 0 Å². The monoisotopic (exact) mass is 292 g/mol. The van der Waals surface area contributed by atoms with Gasteiger partial charge in [-0.3, -0.25) is 10.2 Å². The second kappa shape index (κ2) is 6.22. The van der Waals surface area contributed by atoms with Gasteiger partial charge < -0.3 is 4.98 Å². The zero-order chi connectivity index (χ0) is 15.4. The summed E-state index contributed by atoms with van der Waals surface area (Å²) < 4.78 is 0. The maximum Gasteiger partial charge on any atom is 0.276 e. The predicted molar refractivity (Wildman–Crippen MR) is 89.4 cm³/mol. The van der Waals surface area contributed by atoms with Crippen molar-refractivity contribution >= 4 is 22.9 Å². The number of aromatic nitrogens is 2. The minimum absolute atomic E-state index is 0.259. The maximum absolute atomic E-state index is 11.9. The summed E-state index contributed by atoms with van der Waals surface area (Å²) in [5.74, 6) is 0. The molecule has 0 amide bonds. The molecule has 0 aliphatic rings. The Bertz CT molecular complexity index is 866. The first-order valence-corrected chi connectivity index (χ1v) is 7.13. The van der Waals surface area contributed by atoms with E-state index < -0.39 is 0 Å². The highest BCUT2D eigenvalue weighted by atomic mass is 16.1. The number of H-pyrrole nitrogens is 1. The first-order valence-electron chi connectivity index (χ1n) is 7.13.